The first-order chi connectivity index (χ1) is 12.1. The summed E-state index contributed by atoms with van der Waals surface area (Å²) in [6.45, 7) is 1.94. The van der Waals surface area contributed by atoms with Gasteiger partial charge in [0.15, 0.2) is 5.11 Å². The minimum atomic E-state index is -0.112. The summed E-state index contributed by atoms with van der Waals surface area (Å²) in [6.07, 6.45) is 1.65. The molecule has 25 heavy (non-hydrogen) atoms. The number of amides is 1. The Morgan fingerprint density at radius 1 is 1.00 bits per heavy atom. The van der Waals surface area contributed by atoms with E-state index in [1.807, 2.05) is 24.3 Å². The Labute approximate surface area is 151 Å². The predicted octanol–water partition coefficient (Wildman–Crippen LogP) is 3.68. The van der Waals surface area contributed by atoms with Gasteiger partial charge < -0.3 is 16.0 Å². The molecule has 0 aliphatic carbocycles. The minimum absolute atomic E-state index is 0.112. The summed E-state index contributed by atoms with van der Waals surface area (Å²) < 4.78 is 0. The van der Waals surface area contributed by atoms with Crippen LogP contribution in [0.4, 0.5) is 11.4 Å². The van der Waals surface area contributed by atoms with Crippen molar-refractivity contribution in [1.82, 2.24) is 10.3 Å². The predicted molar refractivity (Wildman–Crippen MR) is 106 cm³/mol. The molecule has 3 N–H and O–H groups in total. The van der Waals surface area contributed by atoms with E-state index in [4.69, 9.17) is 12.2 Å². The smallest absolute Gasteiger partial charge is 0.221 e. The molecule has 2 aromatic carbocycles. The van der Waals surface area contributed by atoms with Crippen LogP contribution in [-0.2, 0) is 11.3 Å². The number of nitrogens with one attached hydrogen (secondary N) is 3. The third-order valence-corrected chi connectivity index (χ3v) is 3.82. The van der Waals surface area contributed by atoms with Crippen molar-refractivity contribution >= 4 is 45.4 Å². The monoisotopic (exact) mass is 350 g/mol. The first-order valence-corrected chi connectivity index (χ1v) is 8.27. The molecular weight excluding hydrogens is 332 g/mol. The van der Waals surface area contributed by atoms with Crippen LogP contribution in [0.25, 0.3) is 10.8 Å². The van der Waals surface area contributed by atoms with E-state index in [1.165, 1.54) is 12.3 Å². The van der Waals surface area contributed by atoms with Crippen LogP contribution < -0.4 is 16.0 Å². The molecule has 6 heteroatoms. The van der Waals surface area contributed by atoms with Crippen LogP contribution >= 0.6 is 12.2 Å². The van der Waals surface area contributed by atoms with Gasteiger partial charge in [0.1, 0.15) is 0 Å². The summed E-state index contributed by atoms with van der Waals surface area (Å²) >= 11 is 5.34. The lowest BCUT2D eigenvalue weighted by atomic mass is 10.1. The average Bonchev–Trinajstić information content (AvgIpc) is 2.60. The summed E-state index contributed by atoms with van der Waals surface area (Å²) in [7, 11) is 0. The number of rotatable bonds is 4. The third kappa shape index (κ3) is 4.74. The van der Waals surface area contributed by atoms with E-state index in [0.29, 0.717) is 17.3 Å². The van der Waals surface area contributed by atoms with Crippen molar-refractivity contribution in [3.05, 3.63) is 66.5 Å². The lowest BCUT2D eigenvalue weighted by Gasteiger charge is -2.11. The second kappa shape index (κ2) is 7.72. The van der Waals surface area contributed by atoms with Gasteiger partial charge in [-0.1, -0.05) is 30.3 Å². The maximum Gasteiger partial charge on any atom is 0.221 e. The van der Waals surface area contributed by atoms with Gasteiger partial charge in [-0.3, -0.25) is 9.78 Å². The number of thiocarbonyl (C=S) groups is 1. The van der Waals surface area contributed by atoms with Gasteiger partial charge in [-0.25, -0.2) is 0 Å². The van der Waals surface area contributed by atoms with Crippen molar-refractivity contribution in [3.63, 3.8) is 0 Å². The molecule has 0 aliphatic rings. The number of hydrogen-bond acceptors (Lipinski definition) is 3. The van der Waals surface area contributed by atoms with E-state index >= 15 is 0 Å². The SMILES string of the molecule is CC(=O)Nc1ccnc(CNC(=S)Nc2ccc3ccccc3c2)c1. The molecule has 0 saturated carbocycles. The standard InChI is InChI=1S/C19H18N4OS/c1-13(24)22-17-8-9-20-18(11-17)12-21-19(25)23-16-7-6-14-4-2-3-5-15(14)10-16/h2-11H,12H2,1H3,(H,20,22,24)(H2,21,23,25). The Morgan fingerprint density at radius 2 is 1.76 bits per heavy atom. The second-order valence-electron chi connectivity index (χ2n) is 5.59. The molecule has 0 aliphatic heterocycles. The lowest BCUT2D eigenvalue weighted by molar-refractivity contribution is -0.114. The fourth-order valence-electron chi connectivity index (χ4n) is 2.47. The summed E-state index contributed by atoms with van der Waals surface area (Å²) in [5, 5.41) is 11.9. The fraction of sp³-hybridized carbons (Fsp3) is 0.105. The zero-order valence-corrected chi connectivity index (χ0v) is 14.6. The molecule has 3 rings (SSSR count). The molecule has 126 valence electrons. The van der Waals surface area contributed by atoms with Crippen molar-refractivity contribution in [3.8, 4) is 0 Å². The summed E-state index contributed by atoms with van der Waals surface area (Å²) in [5.74, 6) is -0.112. The Hall–Kier alpha value is -2.99. The number of aromatic nitrogens is 1. The van der Waals surface area contributed by atoms with Gasteiger partial charge in [0.2, 0.25) is 5.91 Å². The van der Waals surface area contributed by atoms with Gasteiger partial charge in [0.05, 0.1) is 12.2 Å². The maximum atomic E-state index is 11.1. The van der Waals surface area contributed by atoms with Gasteiger partial charge in [-0.2, -0.15) is 0 Å². The number of carbonyl (C=O) groups excluding carboxylic acids is 1. The Balaban J connectivity index is 1.59. The highest BCUT2D eigenvalue weighted by molar-refractivity contribution is 7.80. The van der Waals surface area contributed by atoms with Crippen LogP contribution in [0.5, 0.6) is 0 Å². The zero-order chi connectivity index (χ0) is 17.6. The number of hydrogen-bond donors (Lipinski definition) is 3. The first-order valence-electron chi connectivity index (χ1n) is 7.86. The molecule has 0 radical (unpaired) electrons. The van der Waals surface area contributed by atoms with Gasteiger partial charge >= 0.3 is 0 Å². The van der Waals surface area contributed by atoms with E-state index < -0.39 is 0 Å². The van der Waals surface area contributed by atoms with E-state index in [2.05, 4.69) is 45.2 Å². The van der Waals surface area contributed by atoms with Crippen LogP contribution in [0.15, 0.2) is 60.8 Å². The number of pyridine rings is 1. The molecule has 1 heterocycles. The summed E-state index contributed by atoms with van der Waals surface area (Å²) in [6, 6.07) is 17.8. The Bertz CT molecular complexity index is 926. The molecule has 3 aromatic rings. The zero-order valence-electron chi connectivity index (χ0n) is 13.7. The maximum absolute atomic E-state index is 11.1. The van der Waals surface area contributed by atoms with Crippen molar-refractivity contribution in [2.24, 2.45) is 0 Å². The number of anilines is 2. The van der Waals surface area contributed by atoms with Gasteiger partial charge in [0, 0.05) is 24.5 Å². The van der Waals surface area contributed by atoms with Crippen LogP contribution in [0.2, 0.25) is 0 Å². The average molecular weight is 350 g/mol. The van der Waals surface area contributed by atoms with Crippen molar-refractivity contribution in [1.29, 1.82) is 0 Å². The highest BCUT2D eigenvalue weighted by atomic mass is 32.1. The van der Waals surface area contributed by atoms with E-state index in [9.17, 15) is 4.79 Å². The molecule has 0 fully saturated rings. The Morgan fingerprint density at radius 3 is 2.56 bits per heavy atom. The molecule has 0 bridgehead atoms. The summed E-state index contributed by atoms with van der Waals surface area (Å²) in [5.41, 5.74) is 2.43. The normalized spacial score (nSPS) is 10.3. The summed E-state index contributed by atoms with van der Waals surface area (Å²) in [4.78, 5) is 15.4. The van der Waals surface area contributed by atoms with Crippen LogP contribution in [0.1, 0.15) is 12.6 Å². The lowest BCUT2D eigenvalue weighted by Crippen LogP contribution is -2.28. The van der Waals surface area contributed by atoms with Gasteiger partial charge in [-0.15, -0.1) is 0 Å². The van der Waals surface area contributed by atoms with E-state index in [1.54, 1.807) is 12.3 Å². The topological polar surface area (TPSA) is 66.0 Å². The van der Waals surface area contributed by atoms with Crippen LogP contribution in [0.3, 0.4) is 0 Å². The fourth-order valence-corrected chi connectivity index (χ4v) is 2.66. The highest BCUT2D eigenvalue weighted by Crippen LogP contribution is 2.18. The molecule has 0 unspecified atom stereocenters. The van der Waals surface area contributed by atoms with E-state index in [-0.39, 0.29) is 5.91 Å². The third-order valence-electron chi connectivity index (χ3n) is 3.57. The molecule has 0 atom stereocenters. The van der Waals surface area contributed by atoms with Crippen LogP contribution in [-0.4, -0.2) is 16.0 Å². The van der Waals surface area contributed by atoms with Gasteiger partial charge in [-0.05, 0) is 47.3 Å². The Kier molecular flexibility index (Phi) is 5.20. The molecule has 1 amide bonds. The van der Waals surface area contributed by atoms with Crippen molar-refractivity contribution in [2.45, 2.75) is 13.5 Å². The molecule has 0 spiro atoms. The largest absolute Gasteiger partial charge is 0.357 e. The van der Waals surface area contributed by atoms with Crippen LogP contribution in [0, 0.1) is 0 Å². The second-order valence-corrected chi connectivity index (χ2v) is 5.99. The van der Waals surface area contributed by atoms with Gasteiger partial charge in [0.25, 0.3) is 0 Å². The number of nitrogens with zero attached hydrogens (tertiary/aromatic N) is 1. The quantitative estimate of drug-likeness (QED) is 0.627. The molecule has 1 aromatic heterocycles. The van der Waals surface area contributed by atoms with Crippen molar-refractivity contribution < 1.29 is 4.79 Å². The molecule has 0 saturated heterocycles. The van der Waals surface area contributed by atoms with Crippen molar-refractivity contribution in [2.75, 3.05) is 10.6 Å². The van der Waals surface area contributed by atoms with E-state index in [0.717, 1.165) is 16.8 Å². The minimum Gasteiger partial charge on any atom is -0.357 e. The molecular formula is C19H18N4OS. The number of benzene rings is 2. The number of carbonyl (C=O) groups is 1. The first kappa shape index (κ1) is 16.9. The highest BCUT2D eigenvalue weighted by Gasteiger charge is 2.02. The number of fused-ring (bicyclic) bond motifs is 1. The molecule has 5 nitrogen and oxygen atoms in total.